The number of piperidine rings is 1. The van der Waals surface area contributed by atoms with Gasteiger partial charge in [-0.1, -0.05) is 37.7 Å². The van der Waals surface area contributed by atoms with Crippen LogP contribution in [0.3, 0.4) is 0 Å². The summed E-state index contributed by atoms with van der Waals surface area (Å²) < 4.78 is 32.4. The molecule has 1 N–H and O–H groups in total. The van der Waals surface area contributed by atoms with E-state index in [0.717, 1.165) is 49.1 Å². The van der Waals surface area contributed by atoms with Gasteiger partial charge in [0, 0.05) is 31.7 Å². The van der Waals surface area contributed by atoms with Crippen LogP contribution in [0.25, 0.3) is 11.5 Å². The molecule has 1 aromatic heterocycles. The highest BCUT2D eigenvalue weighted by Gasteiger charge is 2.22. The normalized spacial score (nSPS) is 14.2. The average molecular weight is 530 g/mol. The van der Waals surface area contributed by atoms with Crippen molar-refractivity contribution in [1.82, 2.24) is 14.5 Å². The van der Waals surface area contributed by atoms with Gasteiger partial charge >= 0.3 is 0 Å². The number of hydrogen-bond acceptors (Lipinski definition) is 8. The lowest BCUT2D eigenvalue weighted by Gasteiger charge is -2.30. The fraction of sp³-hybridized carbons (Fsp3) is 0.400. The SMILES string of the molecule is CCN(CC)S(=O)(=O)c1ccc(-c2nnc(SCC(=O)Nc3ccccc3N3CCCCC3)o2)cc1. The largest absolute Gasteiger partial charge is 0.411 e. The van der Waals surface area contributed by atoms with E-state index in [2.05, 4.69) is 20.4 Å². The summed E-state index contributed by atoms with van der Waals surface area (Å²) in [4.78, 5) is 15.2. The molecule has 0 bridgehead atoms. The molecule has 9 nitrogen and oxygen atoms in total. The molecule has 1 amide bonds. The number of thioether (sulfide) groups is 1. The molecule has 11 heteroatoms. The van der Waals surface area contributed by atoms with Crippen LogP contribution in [-0.4, -0.2) is 60.8 Å². The van der Waals surface area contributed by atoms with Gasteiger partial charge in [0.05, 0.1) is 22.0 Å². The zero-order valence-corrected chi connectivity index (χ0v) is 22.1. The first-order chi connectivity index (χ1) is 17.4. The van der Waals surface area contributed by atoms with Crippen LogP contribution in [0.2, 0.25) is 0 Å². The Hall–Kier alpha value is -2.89. The van der Waals surface area contributed by atoms with Crippen molar-refractivity contribution in [1.29, 1.82) is 0 Å². The third-order valence-electron chi connectivity index (χ3n) is 6.05. The summed E-state index contributed by atoms with van der Waals surface area (Å²) in [5.41, 5.74) is 2.45. The van der Waals surface area contributed by atoms with Crippen LogP contribution in [-0.2, 0) is 14.8 Å². The summed E-state index contributed by atoms with van der Waals surface area (Å²) in [5.74, 6) is 0.229. The summed E-state index contributed by atoms with van der Waals surface area (Å²) in [6, 6.07) is 14.2. The van der Waals surface area contributed by atoms with E-state index in [4.69, 9.17) is 4.42 Å². The number of amides is 1. The predicted molar refractivity (Wildman–Crippen MR) is 142 cm³/mol. The summed E-state index contributed by atoms with van der Waals surface area (Å²) in [5, 5.41) is 11.3. The standard InChI is InChI=1S/C25H31N5O4S2/c1-3-30(4-2)36(32,33)20-14-12-19(13-15-20)24-27-28-25(34-24)35-18-23(31)26-21-10-6-7-11-22(21)29-16-8-5-9-17-29/h6-7,10-15H,3-5,8-9,16-18H2,1-2H3,(H,26,31). The number of carbonyl (C=O) groups excluding carboxylic acids is 1. The Bertz CT molecular complexity index is 1270. The minimum atomic E-state index is -3.53. The Morgan fingerprint density at radius 3 is 2.42 bits per heavy atom. The molecule has 36 heavy (non-hydrogen) atoms. The number of anilines is 2. The third-order valence-corrected chi connectivity index (χ3v) is 8.94. The molecule has 1 aliphatic heterocycles. The Morgan fingerprint density at radius 1 is 1.03 bits per heavy atom. The van der Waals surface area contributed by atoms with Crippen molar-refractivity contribution in [2.24, 2.45) is 0 Å². The van der Waals surface area contributed by atoms with E-state index in [1.165, 1.54) is 22.9 Å². The summed E-state index contributed by atoms with van der Waals surface area (Å²) in [7, 11) is -3.53. The van der Waals surface area contributed by atoms with Gasteiger partial charge in [0.15, 0.2) is 0 Å². The lowest BCUT2D eigenvalue weighted by atomic mass is 10.1. The molecule has 0 radical (unpaired) electrons. The minimum absolute atomic E-state index is 0.122. The highest BCUT2D eigenvalue weighted by atomic mass is 32.2. The molecule has 192 valence electrons. The zero-order chi connectivity index (χ0) is 25.5. The number of benzene rings is 2. The van der Waals surface area contributed by atoms with Crippen molar-refractivity contribution in [2.45, 2.75) is 43.2 Å². The summed E-state index contributed by atoms with van der Waals surface area (Å²) in [6.45, 7) is 6.41. The third kappa shape index (κ3) is 6.08. The van der Waals surface area contributed by atoms with E-state index in [-0.39, 0.29) is 27.7 Å². The fourth-order valence-corrected chi connectivity index (χ4v) is 6.19. The number of rotatable bonds is 10. The molecule has 0 saturated carbocycles. The molecule has 4 rings (SSSR count). The monoisotopic (exact) mass is 529 g/mol. The van der Waals surface area contributed by atoms with Gasteiger partial charge in [-0.25, -0.2) is 8.42 Å². The van der Waals surface area contributed by atoms with Gasteiger partial charge in [-0.3, -0.25) is 4.79 Å². The molecule has 1 fully saturated rings. The number of sulfonamides is 1. The first-order valence-corrected chi connectivity index (χ1v) is 14.6. The van der Waals surface area contributed by atoms with Gasteiger partial charge in [-0.05, 0) is 55.7 Å². The topological polar surface area (TPSA) is 109 Å². The Labute approximate surface area is 216 Å². The molecule has 2 aromatic carbocycles. The van der Waals surface area contributed by atoms with Crippen LogP contribution in [0.4, 0.5) is 11.4 Å². The second-order valence-electron chi connectivity index (χ2n) is 8.39. The van der Waals surface area contributed by atoms with E-state index in [0.29, 0.717) is 18.7 Å². The van der Waals surface area contributed by atoms with Crippen LogP contribution < -0.4 is 10.2 Å². The maximum absolute atomic E-state index is 12.7. The van der Waals surface area contributed by atoms with E-state index in [1.54, 1.807) is 26.0 Å². The van der Waals surface area contributed by atoms with Crippen LogP contribution in [0.1, 0.15) is 33.1 Å². The van der Waals surface area contributed by atoms with Gasteiger partial charge in [0.25, 0.3) is 5.22 Å². The maximum Gasteiger partial charge on any atom is 0.277 e. The molecule has 0 unspecified atom stereocenters. The lowest BCUT2D eigenvalue weighted by molar-refractivity contribution is -0.113. The Morgan fingerprint density at radius 2 is 1.72 bits per heavy atom. The van der Waals surface area contributed by atoms with Gasteiger partial charge in [-0.2, -0.15) is 4.31 Å². The van der Waals surface area contributed by atoms with Crippen LogP contribution in [0.15, 0.2) is 63.1 Å². The minimum Gasteiger partial charge on any atom is -0.411 e. The Kier molecular flexibility index (Phi) is 8.65. The number of aromatic nitrogens is 2. The molecular formula is C25H31N5O4S2. The van der Waals surface area contributed by atoms with Crippen molar-refractivity contribution in [3.63, 3.8) is 0 Å². The first kappa shape index (κ1) is 26.2. The number of para-hydroxylation sites is 2. The first-order valence-electron chi connectivity index (χ1n) is 12.1. The number of nitrogens with one attached hydrogen (secondary N) is 1. The smallest absolute Gasteiger partial charge is 0.277 e. The van der Waals surface area contributed by atoms with Crippen molar-refractivity contribution < 1.29 is 17.6 Å². The lowest BCUT2D eigenvalue weighted by Crippen LogP contribution is -2.30. The van der Waals surface area contributed by atoms with Crippen LogP contribution in [0, 0.1) is 0 Å². The van der Waals surface area contributed by atoms with Crippen molar-refractivity contribution >= 4 is 39.1 Å². The molecule has 1 aliphatic rings. The number of carbonyl (C=O) groups is 1. The van der Waals surface area contributed by atoms with Crippen molar-refractivity contribution in [3.8, 4) is 11.5 Å². The predicted octanol–water partition coefficient (Wildman–Crippen LogP) is 4.49. The second kappa shape index (κ2) is 11.9. The molecule has 0 atom stereocenters. The summed E-state index contributed by atoms with van der Waals surface area (Å²) in [6.07, 6.45) is 3.56. The van der Waals surface area contributed by atoms with Gasteiger partial charge < -0.3 is 14.6 Å². The molecule has 0 spiro atoms. The highest BCUT2D eigenvalue weighted by Crippen LogP contribution is 2.29. The number of nitrogens with zero attached hydrogens (tertiary/aromatic N) is 4. The second-order valence-corrected chi connectivity index (χ2v) is 11.3. The highest BCUT2D eigenvalue weighted by molar-refractivity contribution is 7.99. The van der Waals surface area contributed by atoms with Crippen molar-refractivity contribution in [2.75, 3.05) is 42.1 Å². The van der Waals surface area contributed by atoms with Crippen molar-refractivity contribution in [3.05, 3.63) is 48.5 Å². The van der Waals surface area contributed by atoms with Crippen LogP contribution in [0.5, 0.6) is 0 Å². The van der Waals surface area contributed by atoms with E-state index in [9.17, 15) is 13.2 Å². The van der Waals surface area contributed by atoms with E-state index in [1.807, 2.05) is 24.3 Å². The maximum atomic E-state index is 12.7. The van der Waals surface area contributed by atoms with E-state index >= 15 is 0 Å². The quantitative estimate of drug-likeness (QED) is 0.383. The molecule has 0 aliphatic carbocycles. The van der Waals surface area contributed by atoms with Gasteiger partial charge in [0.1, 0.15) is 0 Å². The average Bonchev–Trinajstić information content (AvgIpc) is 3.38. The van der Waals surface area contributed by atoms with Gasteiger partial charge in [-0.15, -0.1) is 10.2 Å². The molecule has 3 aromatic rings. The molecular weight excluding hydrogens is 498 g/mol. The molecule has 1 saturated heterocycles. The number of hydrogen-bond donors (Lipinski definition) is 1. The fourth-order valence-electron chi connectivity index (χ4n) is 4.17. The Balaban J connectivity index is 1.36. The molecule has 2 heterocycles. The van der Waals surface area contributed by atoms with Crippen LogP contribution >= 0.6 is 11.8 Å². The summed E-state index contributed by atoms with van der Waals surface area (Å²) >= 11 is 1.15. The van der Waals surface area contributed by atoms with Gasteiger partial charge in [0.2, 0.25) is 21.8 Å². The zero-order valence-electron chi connectivity index (χ0n) is 20.5. The van der Waals surface area contributed by atoms with E-state index < -0.39 is 10.0 Å².